The first-order chi connectivity index (χ1) is 5.77. The van der Waals surface area contributed by atoms with Gasteiger partial charge >= 0.3 is 0 Å². The van der Waals surface area contributed by atoms with Crippen molar-refractivity contribution in [1.29, 1.82) is 0 Å². The summed E-state index contributed by atoms with van der Waals surface area (Å²) in [6.07, 6.45) is 0. The molecule has 0 aromatic carbocycles. The fourth-order valence-electron chi connectivity index (χ4n) is 1.20. The standard InChI is InChI=1S/C9H11N3/c1-6(2)8-4-3-7-5-10-12-9(7)11-8/h3-4,6H,5H2,1-2H3. The van der Waals surface area contributed by atoms with Crippen molar-refractivity contribution in [2.24, 2.45) is 10.2 Å². The Morgan fingerprint density at radius 2 is 2.17 bits per heavy atom. The van der Waals surface area contributed by atoms with E-state index in [2.05, 4.69) is 41.2 Å². The molecule has 0 N–H and O–H groups in total. The minimum Gasteiger partial charge on any atom is -0.232 e. The van der Waals surface area contributed by atoms with E-state index >= 15 is 0 Å². The van der Waals surface area contributed by atoms with Gasteiger partial charge in [-0.05, 0) is 12.0 Å². The Morgan fingerprint density at radius 3 is 2.92 bits per heavy atom. The zero-order valence-electron chi connectivity index (χ0n) is 7.28. The third-order valence-electron chi connectivity index (χ3n) is 1.98. The first-order valence-corrected chi connectivity index (χ1v) is 4.14. The molecule has 0 spiro atoms. The van der Waals surface area contributed by atoms with Crippen LogP contribution in [0.1, 0.15) is 31.0 Å². The van der Waals surface area contributed by atoms with Crippen LogP contribution in [0.5, 0.6) is 0 Å². The van der Waals surface area contributed by atoms with Crippen LogP contribution in [0.2, 0.25) is 0 Å². The van der Waals surface area contributed by atoms with Crippen molar-refractivity contribution in [2.45, 2.75) is 26.3 Å². The third kappa shape index (κ3) is 1.11. The van der Waals surface area contributed by atoms with Gasteiger partial charge in [0, 0.05) is 11.3 Å². The predicted molar refractivity (Wildman–Crippen MR) is 46.5 cm³/mol. The lowest BCUT2D eigenvalue weighted by molar-refractivity contribution is 0.822. The fraction of sp³-hybridized carbons (Fsp3) is 0.444. The molecule has 1 aliphatic heterocycles. The molecule has 0 aliphatic carbocycles. The van der Waals surface area contributed by atoms with E-state index < -0.39 is 0 Å². The fourth-order valence-corrected chi connectivity index (χ4v) is 1.20. The molecule has 12 heavy (non-hydrogen) atoms. The Kier molecular flexibility index (Phi) is 1.64. The van der Waals surface area contributed by atoms with Crippen LogP contribution >= 0.6 is 0 Å². The molecule has 0 saturated heterocycles. The van der Waals surface area contributed by atoms with Crippen LogP contribution in [-0.2, 0) is 6.54 Å². The van der Waals surface area contributed by atoms with Gasteiger partial charge in [0.1, 0.15) is 0 Å². The molecular formula is C9H11N3. The van der Waals surface area contributed by atoms with Crippen LogP contribution in [0.15, 0.2) is 22.4 Å². The van der Waals surface area contributed by atoms with Crippen molar-refractivity contribution < 1.29 is 0 Å². The normalized spacial score (nSPS) is 13.9. The molecule has 1 aliphatic rings. The highest BCUT2D eigenvalue weighted by Gasteiger charge is 2.10. The van der Waals surface area contributed by atoms with E-state index in [0.29, 0.717) is 12.5 Å². The second kappa shape index (κ2) is 2.66. The van der Waals surface area contributed by atoms with Crippen molar-refractivity contribution in [3.8, 4) is 0 Å². The maximum absolute atomic E-state index is 4.39. The Morgan fingerprint density at radius 1 is 1.33 bits per heavy atom. The van der Waals surface area contributed by atoms with Crippen LogP contribution < -0.4 is 0 Å². The van der Waals surface area contributed by atoms with Gasteiger partial charge in [0.25, 0.3) is 0 Å². The quantitative estimate of drug-likeness (QED) is 0.624. The summed E-state index contributed by atoms with van der Waals surface area (Å²) in [7, 11) is 0. The topological polar surface area (TPSA) is 37.6 Å². The second-order valence-corrected chi connectivity index (χ2v) is 3.27. The summed E-state index contributed by atoms with van der Waals surface area (Å²) < 4.78 is 0. The summed E-state index contributed by atoms with van der Waals surface area (Å²) >= 11 is 0. The lowest BCUT2D eigenvalue weighted by atomic mass is 10.1. The number of rotatable bonds is 1. The number of nitrogens with zero attached hydrogens (tertiary/aromatic N) is 3. The Labute approximate surface area is 71.6 Å². The Balaban J connectivity index is 2.44. The van der Waals surface area contributed by atoms with Crippen LogP contribution in [0.25, 0.3) is 0 Å². The van der Waals surface area contributed by atoms with E-state index in [4.69, 9.17) is 0 Å². The smallest absolute Gasteiger partial charge is 0.179 e. The van der Waals surface area contributed by atoms with Crippen molar-refractivity contribution in [3.63, 3.8) is 0 Å². The van der Waals surface area contributed by atoms with E-state index in [1.165, 1.54) is 0 Å². The first-order valence-electron chi connectivity index (χ1n) is 4.14. The Hall–Kier alpha value is -1.25. The van der Waals surface area contributed by atoms with Crippen LogP contribution in [-0.4, -0.2) is 4.98 Å². The second-order valence-electron chi connectivity index (χ2n) is 3.27. The number of aromatic nitrogens is 1. The van der Waals surface area contributed by atoms with Gasteiger partial charge in [0.05, 0.1) is 6.54 Å². The highest BCUT2D eigenvalue weighted by Crippen LogP contribution is 2.26. The van der Waals surface area contributed by atoms with Crippen molar-refractivity contribution in [1.82, 2.24) is 4.98 Å². The molecule has 62 valence electrons. The molecular weight excluding hydrogens is 150 g/mol. The van der Waals surface area contributed by atoms with E-state index in [-0.39, 0.29) is 0 Å². The lowest BCUT2D eigenvalue weighted by Gasteiger charge is -2.04. The lowest BCUT2D eigenvalue weighted by Crippen LogP contribution is -1.92. The molecule has 0 bridgehead atoms. The van der Waals surface area contributed by atoms with Gasteiger partial charge < -0.3 is 0 Å². The van der Waals surface area contributed by atoms with E-state index in [0.717, 1.165) is 17.1 Å². The maximum Gasteiger partial charge on any atom is 0.179 e. The number of fused-ring (bicyclic) bond motifs is 1. The van der Waals surface area contributed by atoms with E-state index in [1.807, 2.05) is 0 Å². The molecule has 3 nitrogen and oxygen atoms in total. The van der Waals surface area contributed by atoms with Gasteiger partial charge in [-0.2, -0.15) is 5.11 Å². The Bertz CT molecular complexity index is 329. The molecule has 0 saturated carbocycles. The van der Waals surface area contributed by atoms with E-state index in [9.17, 15) is 0 Å². The van der Waals surface area contributed by atoms with Crippen LogP contribution in [0.4, 0.5) is 5.82 Å². The first kappa shape index (κ1) is 7.40. The van der Waals surface area contributed by atoms with Gasteiger partial charge in [0.2, 0.25) is 0 Å². The number of hydrogen-bond donors (Lipinski definition) is 0. The third-order valence-corrected chi connectivity index (χ3v) is 1.98. The van der Waals surface area contributed by atoms with Crippen LogP contribution in [0, 0.1) is 0 Å². The zero-order valence-corrected chi connectivity index (χ0v) is 7.28. The molecule has 1 aromatic rings. The summed E-state index contributed by atoms with van der Waals surface area (Å²) in [6, 6.07) is 4.12. The van der Waals surface area contributed by atoms with Crippen molar-refractivity contribution in [3.05, 3.63) is 23.4 Å². The van der Waals surface area contributed by atoms with E-state index in [1.54, 1.807) is 0 Å². The highest BCUT2D eigenvalue weighted by molar-refractivity contribution is 5.41. The minimum atomic E-state index is 0.464. The summed E-state index contributed by atoms with van der Waals surface area (Å²) in [5.74, 6) is 1.27. The van der Waals surface area contributed by atoms with Crippen LogP contribution in [0.3, 0.4) is 0 Å². The summed E-state index contributed by atoms with van der Waals surface area (Å²) in [5.41, 5.74) is 2.23. The number of azo groups is 1. The zero-order chi connectivity index (χ0) is 8.55. The van der Waals surface area contributed by atoms with Crippen molar-refractivity contribution >= 4 is 5.82 Å². The van der Waals surface area contributed by atoms with Gasteiger partial charge in [-0.1, -0.05) is 19.9 Å². The average Bonchev–Trinajstić information content (AvgIpc) is 2.49. The molecule has 0 fully saturated rings. The number of hydrogen-bond acceptors (Lipinski definition) is 3. The summed E-state index contributed by atoms with van der Waals surface area (Å²) in [5, 5.41) is 7.87. The molecule has 3 heteroatoms. The monoisotopic (exact) mass is 161 g/mol. The molecule has 0 atom stereocenters. The summed E-state index contributed by atoms with van der Waals surface area (Å²) in [6.45, 7) is 4.95. The molecule has 1 aromatic heterocycles. The molecule has 0 unspecified atom stereocenters. The van der Waals surface area contributed by atoms with Gasteiger partial charge in [-0.15, -0.1) is 5.11 Å². The summed E-state index contributed by atoms with van der Waals surface area (Å²) in [4.78, 5) is 4.39. The molecule has 2 heterocycles. The maximum atomic E-state index is 4.39. The van der Waals surface area contributed by atoms with Gasteiger partial charge in [-0.3, -0.25) is 0 Å². The SMILES string of the molecule is CC(C)c1ccc2c(n1)N=NC2. The average molecular weight is 161 g/mol. The molecule has 2 rings (SSSR count). The predicted octanol–water partition coefficient (Wildman–Crippen LogP) is 2.80. The molecule has 0 amide bonds. The molecule has 0 radical (unpaired) electrons. The largest absolute Gasteiger partial charge is 0.232 e. The van der Waals surface area contributed by atoms with Crippen molar-refractivity contribution in [2.75, 3.05) is 0 Å². The minimum absolute atomic E-state index is 0.464. The highest BCUT2D eigenvalue weighted by atomic mass is 15.2. The van der Waals surface area contributed by atoms with Gasteiger partial charge in [-0.25, -0.2) is 4.98 Å². The van der Waals surface area contributed by atoms with Gasteiger partial charge in [0.15, 0.2) is 5.82 Å². The number of pyridine rings is 1.